The van der Waals surface area contributed by atoms with E-state index in [1.807, 2.05) is 6.92 Å². The molecule has 1 aliphatic rings. The summed E-state index contributed by atoms with van der Waals surface area (Å²) in [6.45, 7) is 6.58. The number of carbonyl (C=O) groups excluding carboxylic acids is 1. The number of hydrogen-bond donors (Lipinski definition) is 1. The number of halogens is 2. The molecule has 1 aliphatic heterocycles. The summed E-state index contributed by atoms with van der Waals surface area (Å²) in [6, 6.07) is 0. The zero-order valence-corrected chi connectivity index (χ0v) is 10.5. The van der Waals surface area contributed by atoms with Crippen LogP contribution in [0.2, 0.25) is 0 Å². The minimum absolute atomic E-state index is 0. The predicted octanol–water partition coefficient (Wildman–Crippen LogP) is -0.526. The second kappa shape index (κ2) is 12.0. The summed E-state index contributed by atoms with van der Waals surface area (Å²) >= 11 is 0. The smallest absolute Gasteiger partial charge is 0.320 e. The van der Waals surface area contributed by atoms with Crippen molar-refractivity contribution >= 4 is 30.8 Å². The second-order valence-corrected chi connectivity index (χ2v) is 2.83. The van der Waals surface area contributed by atoms with E-state index in [0.29, 0.717) is 13.2 Å². The molecule has 1 rings (SSSR count). The molecular formula is C8H20Cl2N2O3. The van der Waals surface area contributed by atoms with E-state index in [4.69, 9.17) is 4.74 Å². The molecule has 1 heterocycles. The Hall–Kier alpha value is -0.0700. The Kier molecular flexibility index (Phi) is 16.3. The number of hydrogen-bond acceptors (Lipinski definition) is 4. The lowest BCUT2D eigenvalue weighted by Crippen LogP contribution is -2.45. The minimum Gasteiger partial charge on any atom is -0.465 e. The van der Waals surface area contributed by atoms with Gasteiger partial charge in [-0.25, -0.2) is 0 Å². The molecule has 94 valence electrons. The minimum atomic E-state index is -0.112. The maximum Gasteiger partial charge on any atom is 0.320 e. The summed E-state index contributed by atoms with van der Waals surface area (Å²) in [7, 11) is 0. The molecule has 0 bridgehead atoms. The molecule has 7 heteroatoms. The first-order valence-electron chi connectivity index (χ1n) is 4.41. The lowest BCUT2D eigenvalue weighted by molar-refractivity contribution is -0.144. The maximum atomic E-state index is 11.0. The Morgan fingerprint density at radius 2 is 1.87 bits per heavy atom. The van der Waals surface area contributed by atoms with E-state index in [0.717, 1.165) is 26.2 Å². The lowest BCUT2D eigenvalue weighted by atomic mass is 10.3. The van der Waals surface area contributed by atoms with E-state index in [1.54, 1.807) is 0 Å². The monoisotopic (exact) mass is 262 g/mol. The van der Waals surface area contributed by atoms with Crippen molar-refractivity contribution in [2.75, 3.05) is 39.3 Å². The van der Waals surface area contributed by atoms with Gasteiger partial charge in [0.25, 0.3) is 0 Å². The first-order chi connectivity index (χ1) is 5.83. The topological polar surface area (TPSA) is 73.1 Å². The van der Waals surface area contributed by atoms with Gasteiger partial charge in [-0.1, -0.05) is 0 Å². The Balaban J connectivity index is -0.000000480. The molecule has 0 aromatic rings. The molecule has 0 saturated carbocycles. The standard InChI is InChI=1S/C8H16N2O2.2ClH.H2O/c1-2-12-8(11)7-10-5-3-9-4-6-10;;;/h9H,2-7H2,1H3;2*1H;1H2. The van der Waals surface area contributed by atoms with Crippen LogP contribution in [-0.2, 0) is 9.53 Å². The van der Waals surface area contributed by atoms with Crippen LogP contribution in [0.15, 0.2) is 0 Å². The zero-order chi connectivity index (χ0) is 8.81. The third-order valence-electron chi connectivity index (χ3n) is 1.87. The Morgan fingerprint density at radius 3 is 2.33 bits per heavy atom. The molecule has 0 unspecified atom stereocenters. The van der Waals surface area contributed by atoms with Crippen LogP contribution >= 0.6 is 24.8 Å². The van der Waals surface area contributed by atoms with Gasteiger partial charge in [-0.3, -0.25) is 9.69 Å². The van der Waals surface area contributed by atoms with Gasteiger partial charge in [-0.2, -0.15) is 0 Å². The van der Waals surface area contributed by atoms with Crippen molar-refractivity contribution in [3.63, 3.8) is 0 Å². The Bertz CT molecular complexity index is 155. The van der Waals surface area contributed by atoms with E-state index < -0.39 is 0 Å². The van der Waals surface area contributed by atoms with Gasteiger partial charge in [0.2, 0.25) is 0 Å². The molecule has 1 saturated heterocycles. The first kappa shape index (κ1) is 20.4. The van der Waals surface area contributed by atoms with Crippen LogP contribution in [0.5, 0.6) is 0 Å². The van der Waals surface area contributed by atoms with E-state index in [1.165, 1.54) is 0 Å². The summed E-state index contributed by atoms with van der Waals surface area (Å²) in [5.74, 6) is -0.112. The summed E-state index contributed by atoms with van der Waals surface area (Å²) in [6.07, 6.45) is 0. The van der Waals surface area contributed by atoms with E-state index >= 15 is 0 Å². The summed E-state index contributed by atoms with van der Waals surface area (Å²) in [4.78, 5) is 13.1. The van der Waals surface area contributed by atoms with Crippen LogP contribution < -0.4 is 5.32 Å². The molecule has 0 atom stereocenters. The fourth-order valence-corrected chi connectivity index (χ4v) is 1.26. The fraction of sp³-hybridized carbons (Fsp3) is 0.875. The third-order valence-corrected chi connectivity index (χ3v) is 1.87. The van der Waals surface area contributed by atoms with Crippen molar-refractivity contribution < 1.29 is 15.0 Å². The van der Waals surface area contributed by atoms with Crippen molar-refractivity contribution in [1.82, 2.24) is 10.2 Å². The van der Waals surface area contributed by atoms with Crippen LogP contribution in [0.25, 0.3) is 0 Å². The quantitative estimate of drug-likeness (QED) is 0.695. The highest BCUT2D eigenvalue weighted by atomic mass is 35.5. The van der Waals surface area contributed by atoms with Crippen LogP contribution in [0.4, 0.5) is 0 Å². The van der Waals surface area contributed by atoms with Gasteiger partial charge >= 0.3 is 5.97 Å². The van der Waals surface area contributed by atoms with Gasteiger partial charge in [-0.15, -0.1) is 24.8 Å². The maximum absolute atomic E-state index is 11.0. The summed E-state index contributed by atoms with van der Waals surface area (Å²) in [5, 5.41) is 3.23. The van der Waals surface area contributed by atoms with E-state index in [9.17, 15) is 4.79 Å². The normalized spacial score (nSPS) is 15.3. The number of esters is 1. The molecule has 0 aromatic heterocycles. The average Bonchev–Trinajstić information content (AvgIpc) is 2.06. The van der Waals surface area contributed by atoms with Gasteiger partial charge in [0.1, 0.15) is 0 Å². The number of piperazine rings is 1. The SMILES string of the molecule is CCOC(=O)CN1CCNCC1.Cl.Cl.O. The van der Waals surface area contributed by atoms with Crippen LogP contribution in [0.1, 0.15) is 6.92 Å². The van der Waals surface area contributed by atoms with Gasteiger partial charge in [-0.05, 0) is 6.92 Å². The van der Waals surface area contributed by atoms with Gasteiger partial charge in [0.05, 0.1) is 13.2 Å². The average molecular weight is 263 g/mol. The van der Waals surface area contributed by atoms with Gasteiger partial charge in [0.15, 0.2) is 0 Å². The van der Waals surface area contributed by atoms with Crippen LogP contribution in [0.3, 0.4) is 0 Å². The number of nitrogens with one attached hydrogen (secondary N) is 1. The summed E-state index contributed by atoms with van der Waals surface area (Å²) < 4.78 is 4.84. The number of nitrogens with zero attached hydrogens (tertiary/aromatic N) is 1. The van der Waals surface area contributed by atoms with Crippen molar-refractivity contribution in [3.05, 3.63) is 0 Å². The molecular weight excluding hydrogens is 243 g/mol. The lowest BCUT2D eigenvalue weighted by Gasteiger charge is -2.25. The molecule has 3 N–H and O–H groups in total. The Labute approximate surface area is 103 Å². The highest BCUT2D eigenvalue weighted by Crippen LogP contribution is 1.92. The van der Waals surface area contributed by atoms with Crippen LogP contribution in [-0.4, -0.2) is 55.7 Å². The Morgan fingerprint density at radius 1 is 1.33 bits per heavy atom. The van der Waals surface area contributed by atoms with Crippen molar-refractivity contribution in [2.45, 2.75) is 6.92 Å². The van der Waals surface area contributed by atoms with Crippen molar-refractivity contribution in [3.8, 4) is 0 Å². The molecule has 5 nitrogen and oxygen atoms in total. The molecule has 1 fully saturated rings. The highest BCUT2D eigenvalue weighted by Gasteiger charge is 2.13. The highest BCUT2D eigenvalue weighted by molar-refractivity contribution is 5.85. The van der Waals surface area contributed by atoms with Crippen LogP contribution in [0, 0.1) is 0 Å². The molecule has 0 amide bonds. The van der Waals surface area contributed by atoms with Crippen molar-refractivity contribution in [2.24, 2.45) is 0 Å². The zero-order valence-electron chi connectivity index (χ0n) is 8.82. The number of rotatable bonds is 3. The van der Waals surface area contributed by atoms with Crippen molar-refractivity contribution in [1.29, 1.82) is 0 Å². The van der Waals surface area contributed by atoms with E-state index in [-0.39, 0.29) is 36.3 Å². The third kappa shape index (κ3) is 8.89. The van der Waals surface area contributed by atoms with Gasteiger partial charge in [0, 0.05) is 26.2 Å². The summed E-state index contributed by atoms with van der Waals surface area (Å²) in [5.41, 5.74) is 0. The molecule has 0 radical (unpaired) electrons. The first-order valence-corrected chi connectivity index (χ1v) is 4.41. The van der Waals surface area contributed by atoms with Gasteiger partial charge < -0.3 is 15.5 Å². The molecule has 0 spiro atoms. The number of carbonyl (C=O) groups is 1. The predicted molar refractivity (Wildman–Crippen MR) is 64.1 cm³/mol. The number of ether oxygens (including phenoxy) is 1. The largest absolute Gasteiger partial charge is 0.465 e. The van der Waals surface area contributed by atoms with E-state index in [2.05, 4.69) is 10.2 Å². The fourth-order valence-electron chi connectivity index (χ4n) is 1.26. The molecule has 0 aliphatic carbocycles. The molecule has 0 aromatic carbocycles. The molecule has 15 heavy (non-hydrogen) atoms. The second-order valence-electron chi connectivity index (χ2n) is 2.83.